The zero-order valence-corrected chi connectivity index (χ0v) is 13.2. The molecule has 5 heteroatoms. The van der Waals surface area contributed by atoms with Crippen molar-refractivity contribution in [2.24, 2.45) is 5.73 Å². The average Bonchev–Trinajstić information content (AvgIpc) is 3.00. The van der Waals surface area contributed by atoms with Gasteiger partial charge < -0.3 is 20.1 Å². The van der Waals surface area contributed by atoms with E-state index in [-0.39, 0.29) is 0 Å². The van der Waals surface area contributed by atoms with Crippen molar-refractivity contribution in [2.45, 2.75) is 43.9 Å². The molecule has 0 bridgehead atoms. The van der Waals surface area contributed by atoms with Crippen LogP contribution in [0.3, 0.4) is 0 Å². The van der Waals surface area contributed by atoms with E-state index in [1.54, 1.807) is 0 Å². The summed E-state index contributed by atoms with van der Waals surface area (Å²) in [6.45, 7) is 5.96. The average molecular weight is 305 g/mol. The minimum Gasteiger partial charge on any atom is -0.402 e. The molecule has 0 aromatic heterocycles. The summed E-state index contributed by atoms with van der Waals surface area (Å²) in [6, 6.07) is 0.693. The molecule has 4 rings (SSSR count). The first-order valence-corrected chi connectivity index (χ1v) is 8.67. The third kappa shape index (κ3) is 2.90. The summed E-state index contributed by atoms with van der Waals surface area (Å²) in [5.41, 5.74) is 8.34. The van der Waals surface area contributed by atoms with Crippen molar-refractivity contribution >= 4 is 0 Å². The van der Waals surface area contributed by atoms with Gasteiger partial charge in [-0.3, -0.25) is 4.90 Å². The van der Waals surface area contributed by atoms with Crippen molar-refractivity contribution in [3.63, 3.8) is 0 Å². The van der Waals surface area contributed by atoms with E-state index in [1.165, 1.54) is 18.5 Å². The Morgan fingerprint density at radius 3 is 2.23 bits per heavy atom. The van der Waals surface area contributed by atoms with E-state index in [0.717, 1.165) is 57.9 Å². The molecule has 3 aliphatic heterocycles. The zero-order valence-electron chi connectivity index (χ0n) is 13.2. The molecule has 3 saturated heterocycles. The summed E-state index contributed by atoms with van der Waals surface area (Å²) in [7, 11) is 0. The standard InChI is InChI=1S/C17H27N3O2/c18-13-1-3-14(4-2-13)19-7-5-15(6-8-19)20-11-16-17(12-20)22-10-9-21-16/h1,3,15-17H,2,4-12,18H2. The van der Waals surface area contributed by atoms with Crippen LogP contribution in [0.1, 0.15) is 25.7 Å². The number of ether oxygens (including phenoxy) is 2. The Morgan fingerprint density at radius 1 is 0.955 bits per heavy atom. The Kier molecular flexibility index (Phi) is 4.11. The second-order valence-electron chi connectivity index (χ2n) is 6.89. The summed E-state index contributed by atoms with van der Waals surface area (Å²) in [4.78, 5) is 5.15. The van der Waals surface area contributed by atoms with Crippen LogP contribution in [0.2, 0.25) is 0 Å². The van der Waals surface area contributed by atoms with Crippen molar-refractivity contribution in [3.05, 3.63) is 23.5 Å². The molecule has 2 unspecified atom stereocenters. The molecule has 1 aliphatic carbocycles. The van der Waals surface area contributed by atoms with E-state index in [2.05, 4.69) is 22.0 Å². The maximum atomic E-state index is 5.86. The minimum atomic E-state index is 0.306. The van der Waals surface area contributed by atoms with Crippen LogP contribution in [0.25, 0.3) is 0 Å². The molecular formula is C17H27N3O2. The van der Waals surface area contributed by atoms with Gasteiger partial charge in [-0.1, -0.05) is 0 Å². The van der Waals surface area contributed by atoms with Gasteiger partial charge in [-0.15, -0.1) is 0 Å². The molecule has 3 fully saturated rings. The van der Waals surface area contributed by atoms with Crippen molar-refractivity contribution in [3.8, 4) is 0 Å². The lowest BCUT2D eigenvalue weighted by molar-refractivity contribution is -0.116. The van der Waals surface area contributed by atoms with Gasteiger partial charge in [0.1, 0.15) is 0 Å². The molecule has 3 heterocycles. The quantitative estimate of drug-likeness (QED) is 0.827. The van der Waals surface area contributed by atoms with E-state index in [4.69, 9.17) is 15.2 Å². The van der Waals surface area contributed by atoms with Gasteiger partial charge in [0.2, 0.25) is 0 Å². The molecule has 2 N–H and O–H groups in total. The molecule has 0 amide bonds. The summed E-state index contributed by atoms with van der Waals surface area (Å²) in [6.07, 6.45) is 9.50. The van der Waals surface area contributed by atoms with E-state index in [0.29, 0.717) is 18.2 Å². The number of allylic oxidation sites excluding steroid dienone is 4. The SMILES string of the molecule is NC1=CC=C(N2CCC(N3CC4OCCOC4C3)CC2)CC1. The molecular weight excluding hydrogens is 278 g/mol. The lowest BCUT2D eigenvalue weighted by atomic mass is 10.00. The molecule has 22 heavy (non-hydrogen) atoms. The molecule has 0 aromatic rings. The fourth-order valence-electron chi connectivity index (χ4n) is 4.21. The Hall–Kier alpha value is -1.04. The number of hydrogen-bond acceptors (Lipinski definition) is 5. The van der Waals surface area contributed by atoms with E-state index in [1.807, 2.05) is 0 Å². The Labute approximate surface area is 132 Å². The third-order valence-electron chi connectivity index (χ3n) is 5.54. The second kappa shape index (κ2) is 6.22. The molecule has 4 aliphatic rings. The number of rotatable bonds is 2. The summed E-state index contributed by atoms with van der Waals surface area (Å²) in [5, 5.41) is 0. The predicted molar refractivity (Wildman–Crippen MR) is 85.2 cm³/mol. The van der Waals surface area contributed by atoms with Crippen LogP contribution in [-0.2, 0) is 9.47 Å². The fourth-order valence-corrected chi connectivity index (χ4v) is 4.21. The predicted octanol–water partition coefficient (Wildman–Crippen LogP) is 1.07. The summed E-state index contributed by atoms with van der Waals surface area (Å²) < 4.78 is 11.7. The van der Waals surface area contributed by atoms with Gasteiger partial charge in [-0.05, 0) is 37.8 Å². The highest BCUT2D eigenvalue weighted by atomic mass is 16.6. The van der Waals surface area contributed by atoms with Crippen molar-refractivity contribution in [2.75, 3.05) is 39.4 Å². The molecule has 0 radical (unpaired) electrons. The van der Waals surface area contributed by atoms with Crippen LogP contribution in [0.15, 0.2) is 23.5 Å². The van der Waals surface area contributed by atoms with Crippen LogP contribution < -0.4 is 5.73 Å². The van der Waals surface area contributed by atoms with Crippen molar-refractivity contribution in [1.29, 1.82) is 0 Å². The van der Waals surface area contributed by atoms with Gasteiger partial charge >= 0.3 is 0 Å². The number of nitrogens with zero attached hydrogens (tertiary/aromatic N) is 2. The normalized spacial score (nSPS) is 34.3. The lowest BCUT2D eigenvalue weighted by Crippen LogP contribution is -2.44. The monoisotopic (exact) mass is 305 g/mol. The van der Waals surface area contributed by atoms with Gasteiger partial charge in [0, 0.05) is 43.6 Å². The number of likely N-dealkylation sites (tertiary alicyclic amines) is 2. The largest absolute Gasteiger partial charge is 0.402 e. The highest BCUT2D eigenvalue weighted by Crippen LogP contribution is 2.28. The minimum absolute atomic E-state index is 0.306. The molecule has 0 spiro atoms. The van der Waals surface area contributed by atoms with Gasteiger partial charge in [-0.25, -0.2) is 0 Å². The molecule has 0 saturated carbocycles. The van der Waals surface area contributed by atoms with Crippen LogP contribution in [-0.4, -0.2) is 67.4 Å². The topological polar surface area (TPSA) is 51.0 Å². The van der Waals surface area contributed by atoms with Crippen LogP contribution >= 0.6 is 0 Å². The van der Waals surface area contributed by atoms with E-state index < -0.39 is 0 Å². The maximum Gasteiger partial charge on any atom is 0.0977 e. The van der Waals surface area contributed by atoms with Gasteiger partial charge in [0.15, 0.2) is 0 Å². The fraction of sp³-hybridized carbons (Fsp3) is 0.765. The van der Waals surface area contributed by atoms with E-state index in [9.17, 15) is 0 Å². The maximum absolute atomic E-state index is 5.86. The van der Waals surface area contributed by atoms with Crippen molar-refractivity contribution in [1.82, 2.24) is 9.80 Å². The lowest BCUT2D eigenvalue weighted by Gasteiger charge is -2.39. The molecule has 0 aromatic carbocycles. The first-order chi connectivity index (χ1) is 10.8. The number of hydrogen-bond donors (Lipinski definition) is 1. The number of fused-ring (bicyclic) bond motifs is 1. The zero-order chi connectivity index (χ0) is 14.9. The van der Waals surface area contributed by atoms with E-state index >= 15 is 0 Å². The van der Waals surface area contributed by atoms with Crippen LogP contribution in [0, 0.1) is 0 Å². The second-order valence-corrected chi connectivity index (χ2v) is 6.89. The van der Waals surface area contributed by atoms with Crippen LogP contribution in [0.5, 0.6) is 0 Å². The first-order valence-electron chi connectivity index (χ1n) is 8.67. The smallest absolute Gasteiger partial charge is 0.0977 e. The highest BCUT2D eigenvalue weighted by Gasteiger charge is 2.40. The summed E-state index contributed by atoms with van der Waals surface area (Å²) in [5.74, 6) is 0. The third-order valence-corrected chi connectivity index (χ3v) is 5.54. The number of piperidine rings is 1. The number of nitrogens with two attached hydrogens (primary N) is 1. The Morgan fingerprint density at radius 2 is 1.64 bits per heavy atom. The summed E-state index contributed by atoms with van der Waals surface area (Å²) >= 11 is 0. The molecule has 5 nitrogen and oxygen atoms in total. The van der Waals surface area contributed by atoms with Crippen molar-refractivity contribution < 1.29 is 9.47 Å². The molecule has 2 atom stereocenters. The van der Waals surface area contributed by atoms with Gasteiger partial charge in [-0.2, -0.15) is 0 Å². The van der Waals surface area contributed by atoms with Gasteiger partial charge in [0.25, 0.3) is 0 Å². The van der Waals surface area contributed by atoms with Gasteiger partial charge in [0.05, 0.1) is 25.4 Å². The van der Waals surface area contributed by atoms with Crippen LogP contribution in [0.4, 0.5) is 0 Å². The molecule has 122 valence electrons. The Bertz CT molecular complexity index is 455. The Balaban J connectivity index is 1.31. The highest BCUT2D eigenvalue weighted by molar-refractivity contribution is 5.22. The first kappa shape index (κ1) is 14.5.